The van der Waals surface area contributed by atoms with E-state index in [9.17, 15) is 8.42 Å². The van der Waals surface area contributed by atoms with Crippen LogP contribution in [0.3, 0.4) is 0 Å². The van der Waals surface area contributed by atoms with Gasteiger partial charge in [-0.25, -0.2) is 0 Å². The summed E-state index contributed by atoms with van der Waals surface area (Å²) in [6, 6.07) is 2.86. The molecule has 1 aromatic carbocycles. The van der Waals surface area contributed by atoms with Gasteiger partial charge in [-0.1, -0.05) is 6.92 Å². The molecule has 0 spiro atoms. The molecule has 0 radical (unpaired) electrons. The average molecular weight is 230 g/mol. The van der Waals surface area contributed by atoms with E-state index >= 15 is 0 Å². The van der Waals surface area contributed by atoms with Crippen molar-refractivity contribution in [2.75, 3.05) is 5.73 Å². The predicted octanol–water partition coefficient (Wildman–Crippen LogP) is 0.537. The van der Waals surface area contributed by atoms with Gasteiger partial charge >= 0.3 is 0 Å². The minimum absolute atomic E-state index is 0.0233. The second-order valence-corrected chi connectivity index (χ2v) is 4.58. The summed E-state index contributed by atoms with van der Waals surface area (Å²) >= 11 is 0. The lowest BCUT2D eigenvalue weighted by molar-refractivity contribution is 0.483. The molecule has 0 amide bonds. The van der Waals surface area contributed by atoms with Crippen LogP contribution in [0.5, 0.6) is 0 Å². The maximum Gasteiger partial charge on any atom is 0.296 e. The first-order valence-electron chi connectivity index (χ1n) is 4.49. The van der Waals surface area contributed by atoms with Gasteiger partial charge in [0.15, 0.2) is 0 Å². The van der Waals surface area contributed by atoms with Gasteiger partial charge in [-0.05, 0) is 29.7 Å². The van der Waals surface area contributed by atoms with Gasteiger partial charge in [0.05, 0.1) is 5.69 Å². The topological polar surface area (TPSA) is 106 Å². The van der Waals surface area contributed by atoms with Crippen LogP contribution in [0.4, 0.5) is 5.69 Å². The van der Waals surface area contributed by atoms with Crippen molar-refractivity contribution in [1.29, 1.82) is 0 Å². The summed E-state index contributed by atoms with van der Waals surface area (Å²) in [5.74, 6) is 0. The lowest BCUT2D eigenvalue weighted by atomic mass is 10.0. The van der Waals surface area contributed by atoms with Crippen LogP contribution in [-0.2, 0) is 23.1 Å². The fourth-order valence-corrected chi connectivity index (χ4v) is 2.08. The molecule has 15 heavy (non-hydrogen) atoms. The van der Waals surface area contributed by atoms with Crippen molar-refractivity contribution in [3.05, 3.63) is 23.3 Å². The highest BCUT2D eigenvalue weighted by molar-refractivity contribution is 7.86. The molecule has 0 bridgehead atoms. The van der Waals surface area contributed by atoms with E-state index in [1.807, 2.05) is 6.92 Å². The largest absolute Gasteiger partial charge is 0.398 e. The third-order valence-electron chi connectivity index (χ3n) is 2.21. The highest BCUT2D eigenvalue weighted by atomic mass is 32.2. The molecule has 5 N–H and O–H groups in total. The number of benzene rings is 1. The third kappa shape index (κ3) is 2.47. The molecule has 0 saturated carbocycles. The zero-order valence-electron chi connectivity index (χ0n) is 8.40. The number of hydrogen-bond acceptors (Lipinski definition) is 4. The van der Waals surface area contributed by atoms with Gasteiger partial charge in [0.1, 0.15) is 4.90 Å². The van der Waals surface area contributed by atoms with Gasteiger partial charge in [0.25, 0.3) is 10.1 Å². The SMILES string of the molecule is CCc1cc(S(=O)(=O)O)c(N)cc1CN. The molecule has 0 aliphatic carbocycles. The monoisotopic (exact) mass is 230 g/mol. The lowest BCUT2D eigenvalue weighted by Gasteiger charge is -2.10. The molecule has 0 atom stereocenters. The van der Waals surface area contributed by atoms with Gasteiger partial charge in [0.2, 0.25) is 0 Å². The van der Waals surface area contributed by atoms with Crippen molar-refractivity contribution in [2.24, 2.45) is 5.73 Å². The highest BCUT2D eigenvalue weighted by Crippen LogP contribution is 2.23. The zero-order chi connectivity index (χ0) is 11.6. The number of hydrogen-bond donors (Lipinski definition) is 3. The van der Waals surface area contributed by atoms with Crippen LogP contribution < -0.4 is 11.5 Å². The molecule has 0 aliphatic rings. The second kappa shape index (κ2) is 4.18. The Morgan fingerprint density at radius 3 is 2.33 bits per heavy atom. The number of nitrogen functional groups attached to an aromatic ring is 1. The Kier molecular flexibility index (Phi) is 3.33. The van der Waals surface area contributed by atoms with E-state index in [1.165, 1.54) is 12.1 Å². The van der Waals surface area contributed by atoms with Crippen molar-refractivity contribution < 1.29 is 13.0 Å². The molecule has 1 aromatic rings. The van der Waals surface area contributed by atoms with Gasteiger partial charge in [0, 0.05) is 6.54 Å². The van der Waals surface area contributed by atoms with E-state index in [0.717, 1.165) is 11.1 Å². The summed E-state index contributed by atoms with van der Waals surface area (Å²) in [5, 5.41) is 0. The van der Waals surface area contributed by atoms with Gasteiger partial charge in [-0.3, -0.25) is 4.55 Å². The quantitative estimate of drug-likeness (QED) is 0.519. The lowest BCUT2D eigenvalue weighted by Crippen LogP contribution is -2.08. The molecule has 84 valence electrons. The Morgan fingerprint density at radius 2 is 1.93 bits per heavy atom. The van der Waals surface area contributed by atoms with Crippen LogP contribution in [0.1, 0.15) is 18.1 Å². The van der Waals surface area contributed by atoms with E-state index in [1.54, 1.807) is 0 Å². The Labute approximate surface area is 88.8 Å². The van der Waals surface area contributed by atoms with Crippen molar-refractivity contribution in [2.45, 2.75) is 24.8 Å². The second-order valence-electron chi connectivity index (χ2n) is 3.19. The van der Waals surface area contributed by atoms with E-state index < -0.39 is 10.1 Å². The number of rotatable bonds is 3. The summed E-state index contributed by atoms with van der Waals surface area (Å²) in [7, 11) is -4.26. The standard InChI is InChI=1S/C9H14N2O3S/c1-2-6-4-9(15(12,13)14)8(11)3-7(6)5-10/h3-4H,2,5,10-11H2,1H3,(H,12,13,14). The van der Waals surface area contributed by atoms with E-state index in [-0.39, 0.29) is 10.6 Å². The van der Waals surface area contributed by atoms with Crippen LogP contribution in [0.2, 0.25) is 0 Å². The Hall–Kier alpha value is -1.11. The minimum Gasteiger partial charge on any atom is -0.398 e. The number of nitrogens with two attached hydrogens (primary N) is 2. The van der Waals surface area contributed by atoms with E-state index in [0.29, 0.717) is 13.0 Å². The van der Waals surface area contributed by atoms with Crippen LogP contribution in [0.25, 0.3) is 0 Å². The smallest absolute Gasteiger partial charge is 0.296 e. The fraction of sp³-hybridized carbons (Fsp3) is 0.333. The maximum atomic E-state index is 11.0. The van der Waals surface area contributed by atoms with Crippen LogP contribution in [0, 0.1) is 0 Å². The summed E-state index contributed by atoms with van der Waals surface area (Å²) < 4.78 is 30.8. The van der Waals surface area contributed by atoms with Crippen molar-refractivity contribution in [3.63, 3.8) is 0 Å². The molecule has 0 heterocycles. The Morgan fingerprint density at radius 1 is 1.33 bits per heavy atom. The molecular weight excluding hydrogens is 216 g/mol. The van der Waals surface area contributed by atoms with Gasteiger partial charge < -0.3 is 11.5 Å². The molecule has 0 aromatic heterocycles. The fourth-order valence-electron chi connectivity index (χ4n) is 1.43. The first-order valence-corrected chi connectivity index (χ1v) is 5.93. The van der Waals surface area contributed by atoms with Crippen molar-refractivity contribution in [1.82, 2.24) is 0 Å². The highest BCUT2D eigenvalue weighted by Gasteiger charge is 2.16. The van der Waals surface area contributed by atoms with Crippen molar-refractivity contribution >= 4 is 15.8 Å². The minimum atomic E-state index is -4.26. The molecule has 0 saturated heterocycles. The molecule has 5 nitrogen and oxygen atoms in total. The maximum absolute atomic E-state index is 11.0. The Balaban J connectivity index is 3.46. The first-order chi connectivity index (χ1) is 6.90. The van der Waals surface area contributed by atoms with E-state index in [2.05, 4.69) is 0 Å². The third-order valence-corrected chi connectivity index (χ3v) is 3.12. The summed E-state index contributed by atoms with van der Waals surface area (Å²) in [5.41, 5.74) is 12.6. The normalized spacial score (nSPS) is 11.7. The zero-order valence-corrected chi connectivity index (χ0v) is 9.21. The molecule has 0 fully saturated rings. The first kappa shape index (κ1) is 12.0. The molecule has 0 aliphatic heterocycles. The predicted molar refractivity (Wildman–Crippen MR) is 57.9 cm³/mol. The van der Waals surface area contributed by atoms with Gasteiger partial charge in [-0.15, -0.1) is 0 Å². The molecule has 6 heteroatoms. The summed E-state index contributed by atoms with van der Waals surface area (Å²) in [6.45, 7) is 2.16. The molecule has 0 unspecified atom stereocenters. The van der Waals surface area contributed by atoms with Crippen LogP contribution >= 0.6 is 0 Å². The van der Waals surface area contributed by atoms with Crippen LogP contribution in [0.15, 0.2) is 17.0 Å². The van der Waals surface area contributed by atoms with Crippen molar-refractivity contribution in [3.8, 4) is 0 Å². The van der Waals surface area contributed by atoms with E-state index in [4.69, 9.17) is 16.0 Å². The van der Waals surface area contributed by atoms with Gasteiger partial charge in [-0.2, -0.15) is 8.42 Å². The molecule has 1 rings (SSSR count). The summed E-state index contributed by atoms with van der Waals surface area (Å²) in [6.07, 6.45) is 0.634. The number of anilines is 1. The average Bonchev–Trinajstić information content (AvgIpc) is 2.15. The molecular formula is C9H14N2O3S. The number of aryl methyl sites for hydroxylation is 1. The summed E-state index contributed by atoms with van der Waals surface area (Å²) in [4.78, 5) is -0.253. The van der Waals surface area contributed by atoms with Crippen LogP contribution in [-0.4, -0.2) is 13.0 Å². The Bertz CT molecular complexity index is 468.